The van der Waals surface area contributed by atoms with Crippen LogP contribution in [0.2, 0.25) is 0 Å². The Morgan fingerprint density at radius 3 is 2.78 bits per heavy atom. The molecule has 0 bridgehead atoms. The van der Waals surface area contributed by atoms with Crippen LogP contribution in [0.25, 0.3) is 0 Å². The molecule has 23 heavy (non-hydrogen) atoms. The van der Waals surface area contributed by atoms with Crippen molar-refractivity contribution in [3.05, 3.63) is 29.3 Å². The second-order valence-corrected chi connectivity index (χ2v) is 7.60. The highest BCUT2D eigenvalue weighted by Gasteiger charge is 2.42. The highest BCUT2D eigenvalue weighted by molar-refractivity contribution is 6.07. The van der Waals surface area contributed by atoms with Crippen LogP contribution in [-0.2, 0) is 21.4 Å². The van der Waals surface area contributed by atoms with Crippen molar-refractivity contribution in [2.24, 2.45) is 5.92 Å². The summed E-state index contributed by atoms with van der Waals surface area (Å²) in [5.74, 6) is 0.908. The molecular weight excluding hydrogens is 288 g/mol. The molecule has 1 fully saturated rings. The molecule has 0 aromatic heterocycles. The van der Waals surface area contributed by atoms with Crippen molar-refractivity contribution in [2.75, 3.05) is 25.0 Å². The molecule has 1 aromatic rings. The fraction of sp³-hybridized carbons (Fsp3) is 0.579. The third-order valence-corrected chi connectivity index (χ3v) is 5.30. The van der Waals surface area contributed by atoms with E-state index in [1.54, 1.807) is 4.90 Å². The number of likely N-dealkylation sites (tertiary alicyclic amines) is 1. The second-order valence-electron chi connectivity index (χ2n) is 7.60. The summed E-state index contributed by atoms with van der Waals surface area (Å²) in [6, 6.07) is 6.00. The van der Waals surface area contributed by atoms with Gasteiger partial charge in [0.2, 0.25) is 11.8 Å². The lowest BCUT2D eigenvalue weighted by Crippen LogP contribution is -2.39. The number of anilines is 1. The van der Waals surface area contributed by atoms with Gasteiger partial charge in [0.1, 0.15) is 0 Å². The number of benzene rings is 1. The van der Waals surface area contributed by atoms with E-state index >= 15 is 0 Å². The van der Waals surface area contributed by atoms with E-state index in [9.17, 15) is 9.59 Å². The predicted molar refractivity (Wildman–Crippen MR) is 91.6 cm³/mol. The van der Waals surface area contributed by atoms with E-state index in [1.807, 2.05) is 44.0 Å². The van der Waals surface area contributed by atoms with Gasteiger partial charge in [-0.2, -0.15) is 0 Å². The summed E-state index contributed by atoms with van der Waals surface area (Å²) >= 11 is 0. The van der Waals surface area contributed by atoms with Crippen molar-refractivity contribution in [1.29, 1.82) is 0 Å². The number of hydrogen-bond acceptors (Lipinski definition) is 2. The van der Waals surface area contributed by atoms with Crippen LogP contribution in [0.3, 0.4) is 0 Å². The molecule has 0 spiro atoms. The molecule has 124 valence electrons. The summed E-state index contributed by atoms with van der Waals surface area (Å²) in [7, 11) is 1.82. The van der Waals surface area contributed by atoms with Crippen LogP contribution in [0.4, 0.5) is 5.69 Å². The number of hydrogen-bond donors (Lipinski definition) is 0. The standard InChI is InChI=1S/C19H26N2O2/c1-13-6-5-9-21(12-13)17(22)11-14-7-8-16-15(10-14)19(2,3)18(23)20(16)4/h7-8,10,13H,5-6,9,11-12H2,1-4H3. The van der Waals surface area contributed by atoms with Gasteiger partial charge >= 0.3 is 0 Å². The maximum Gasteiger partial charge on any atom is 0.236 e. The number of amides is 2. The smallest absolute Gasteiger partial charge is 0.236 e. The summed E-state index contributed by atoms with van der Waals surface area (Å²) < 4.78 is 0. The topological polar surface area (TPSA) is 40.6 Å². The van der Waals surface area contributed by atoms with Gasteiger partial charge in [-0.1, -0.05) is 19.1 Å². The van der Waals surface area contributed by atoms with Crippen molar-refractivity contribution in [3.8, 4) is 0 Å². The molecule has 1 atom stereocenters. The number of rotatable bonds is 2. The minimum Gasteiger partial charge on any atom is -0.342 e. The first kappa shape index (κ1) is 16.0. The van der Waals surface area contributed by atoms with Crippen molar-refractivity contribution < 1.29 is 9.59 Å². The Bertz CT molecular complexity index is 651. The Morgan fingerprint density at radius 1 is 1.35 bits per heavy atom. The molecule has 3 rings (SSSR count). The van der Waals surface area contributed by atoms with Gasteiger partial charge in [-0.15, -0.1) is 0 Å². The summed E-state index contributed by atoms with van der Waals surface area (Å²) in [6.07, 6.45) is 2.74. The number of fused-ring (bicyclic) bond motifs is 1. The Labute approximate surface area is 138 Å². The minimum atomic E-state index is -0.511. The van der Waals surface area contributed by atoms with E-state index in [2.05, 4.69) is 6.92 Å². The first-order valence-electron chi connectivity index (χ1n) is 8.50. The fourth-order valence-electron chi connectivity index (χ4n) is 3.83. The third kappa shape index (κ3) is 2.75. The average molecular weight is 314 g/mol. The third-order valence-electron chi connectivity index (χ3n) is 5.30. The molecule has 0 saturated carbocycles. The zero-order valence-electron chi connectivity index (χ0n) is 14.6. The number of carbonyl (C=O) groups is 2. The van der Waals surface area contributed by atoms with Crippen LogP contribution in [0, 0.1) is 5.92 Å². The van der Waals surface area contributed by atoms with E-state index < -0.39 is 5.41 Å². The Morgan fingerprint density at radius 2 is 2.09 bits per heavy atom. The van der Waals surface area contributed by atoms with Crippen molar-refractivity contribution >= 4 is 17.5 Å². The van der Waals surface area contributed by atoms with Crippen LogP contribution in [0.5, 0.6) is 0 Å². The van der Waals surface area contributed by atoms with E-state index in [4.69, 9.17) is 0 Å². The molecule has 1 unspecified atom stereocenters. The van der Waals surface area contributed by atoms with Crippen LogP contribution in [0.1, 0.15) is 44.7 Å². The van der Waals surface area contributed by atoms with Crippen molar-refractivity contribution in [2.45, 2.75) is 45.4 Å². The maximum atomic E-state index is 12.6. The Hall–Kier alpha value is -1.84. The van der Waals surface area contributed by atoms with E-state index in [-0.39, 0.29) is 11.8 Å². The van der Waals surface area contributed by atoms with E-state index in [0.717, 1.165) is 36.3 Å². The number of nitrogens with zero attached hydrogens (tertiary/aromatic N) is 2. The van der Waals surface area contributed by atoms with Gasteiger partial charge in [-0.25, -0.2) is 0 Å². The molecule has 4 heteroatoms. The van der Waals surface area contributed by atoms with Crippen LogP contribution < -0.4 is 4.90 Å². The van der Waals surface area contributed by atoms with Crippen LogP contribution >= 0.6 is 0 Å². The molecule has 4 nitrogen and oxygen atoms in total. The monoisotopic (exact) mass is 314 g/mol. The second kappa shape index (κ2) is 5.66. The summed E-state index contributed by atoms with van der Waals surface area (Å²) in [6.45, 7) is 7.86. The van der Waals surface area contributed by atoms with Gasteiger partial charge in [-0.3, -0.25) is 9.59 Å². The minimum absolute atomic E-state index is 0.112. The maximum absolute atomic E-state index is 12.6. The van der Waals surface area contributed by atoms with Gasteiger partial charge in [0.25, 0.3) is 0 Å². The van der Waals surface area contributed by atoms with Gasteiger partial charge in [0.15, 0.2) is 0 Å². The lowest BCUT2D eigenvalue weighted by molar-refractivity contribution is -0.132. The Kier molecular flexibility index (Phi) is 3.95. The molecule has 1 saturated heterocycles. The SMILES string of the molecule is CC1CCCN(C(=O)Cc2ccc3c(c2)C(C)(C)C(=O)N3C)C1. The molecule has 2 heterocycles. The number of likely N-dealkylation sites (N-methyl/N-ethyl adjacent to an activating group) is 1. The number of carbonyl (C=O) groups excluding carboxylic acids is 2. The van der Waals surface area contributed by atoms with Gasteiger partial charge in [-0.05, 0) is 49.8 Å². The van der Waals surface area contributed by atoms with Gasteiger partial charge in [0, 0.05) is 25.8 Å². The lowest BCUT2D eigenvalue weighted by atomic mass is 9.85. The van der Waals surface area contributed by atoms with Gasteiger partial charge in [0.05, 0.1) is 11.8 Å². The van der Waals surface area contributed by atoms with Crippen molar-refractivity contribution in [3.63, 3.8) is 0 Å². The molecule has 0 radical (unpaired) electrons. The first-order chi connectivity index (χ1) is 10.8. The fourth-order valence-corrected chi connectivity index (χ4v) is 3.83. The normalized spacial score (nSPS) is 23.1. The zero-order chi connectivity index (χ0) is 16.8. The summed E-state index contributed by atoms with van der Waals surface area (Å²) in [4.78, 5) is 28.6. The Balaban J connectivity index is 1.79. The average Bonchev–Trinajstić information content (AvgIpc) is 2.68. The molecule has 0 aliphatic carbocycles. The van der Waals surface area contributed by atoms with Gasteiger partial charge < -0.3 is 9.80 Å². The highest BCUT2D eigenvalue weighted by atomic mass is 16.2. The first-order valence-corrected chi connectivity index (χ1v) is 8.50. The highest BCUT2D eigenvalue weighted by Crippen LogP contribution is 2.41. The molecule has 2 amide bonds. The van der Waals surface area contributed by atoms with Crippen LogP contribution in [-0.4, -0.2) is 36.9 Å². The largest absolute Gasteiger partial charge is 0.342 e. The van der Waals surface area contributed by atoms with E-state index in [1.165, 1.54) is 6.42 Å². The van der Waals surface area contributed by atoms with Crippen molar-refractivity contribution in [1.82, 2.24) is 4.90 Å². The van der Waals surface area contributed by atoms with E-state index in [0.29, 0.717) is 12.3 Å². The lowest BCUT2D eigenvalue weighted by Gasteiger charge is -2.31. The summed E-state index contributed by atoms with van der Waals surface area (Å²) in [5, 5.41) is 0. The quantitative estimate of drug-likeness (QED) is 0.842. The van der Waals surface area contributed by atoms with Crippen LogP contribution in [0.15, 0.2) is 18.2 Å². The predicted octanol–water partition coefficient (Wildman–Crippen LogP) is 2.74. The molecular formula is C19H26N2O2. The molecule has 1 aromatic carbocycles. The molecule has 2 aliphatic heterocycles. The molecule has 0 N–H and O–H groups in total. The zero-order valence-corrected chi connectivity index (χ0v) is 14.6. The molecule has 2 aliphatic rings. The number of piperidine rings is 1. The summed E-state index contributed by atoms with van der Waals surface area (Å²) in [5.41, 5.74) is 2.48.